The fourth-order valence-electron chi connectivity index (χ4n) is 3.53. The third kappa shape index (κ3) is 4.78. The van der Waals surface area contributed by atoms with E-state index in [2.05, 4.69) is 27.6 Å². The lowest BCUT2D eigenvalue weighted by Gasteiger charge is -2.32. The zero-order chi connectivity index (χ0) is 21.7. The molecule has 2 fully saturated rings. The Kier molecular flexibility index (Phi) is 6.34. The van der Waals surface area contributed by atoms with Crippen LogP contribution in [0.5, 0.6) is 0 Å². The largest absolute Gasteiger partial charge is 0.444 e. The number of nitrogens with zero attached hydrogens (tertiary/aromatic N) is 3. The van der Waals surface area contributed by atoms with Gasteiger partial charge in [0, 0.05) is 25.5 Å². The van der Waals surface area contributed by atoms with Crippen molar-refractivity contribution in [2.45, 2.75) is 76.7 Å². The van der Waals surface area contributed by atoms with Crippen molar-refractivity contribution in [3.05, 3.63) is 20.5 Å². The zero-order valence-corrected chi connectivity index (χ0v) is 20.1. The van der Waals surface area contributed by atoms with E-state index in [1.54, 1.807) is 40.8 Å². The number of hydrogen-bond donors (Lipinski definition) is 0. The smallest absolute Gasteiger partial charge is 0.411 e. The third-order valence-electron chi connectivity index (χ3n) is 5.22. The minimum Gasteiger partial charge on any atom is -0.444 e. The number of likely N-dealkylation sites (N-methyl/N-ethyl adjacent to an activating group) is 1. The molecule has 6 nitrogen and oxygen atoms in total. The van der Waals surface area contributed by atoms with Gasteiger partial charge in [0.25, 0.3) is 0 Å². The van der Waals surface area contributed by atoms with Gasteiger partial charge in [0.05, 0.1) is 21.0 Å². The standard InChI is InChI=1S/C20H26ClFIN3O3/c1-10-12(22)8-14(26(10)19(28)29-20(2,3)4)18(27)25(5)13-9-15(21)24-17(16(13)23)11-6-7-11/h9-12,14H,6-8H2,1-5H3/t10-,12+,14-/m0/s1. The Morgan fingerprint density at radius 3 is 2.55 bits per heavy atom. The first kappa shape index (κ1) is 22.5. The summed E-state index contributed by atoms with van der Waals surface area (Å²) in [6, 6.07) is -0.0442. The minimum atomic E-state index is -1.30. The van der Waals surface area contributed by atoms with Gasteiger partial charge in [0.1, 0.15) is 23.0 Å². The molecule has 2 heterocycles. The van der Waals surface area contributed by atoms with Crippen LogP contribution in [-0.2, 0) is 9.53 Å². The minimum absolute atomic E-state index is 0.0611. The van der Waals surface area contributed by atoms with Crippen molar-refractivity contribution in [3.63, 3.8) is 0 Å². The quantitative estimate of drug-likeness (QED) is 0.406. The van der Waals surface area contributed by atoms with Gasteiger partial charge in [-0.05, 0) is 63.1 Å². The SMILES string of the molecule is C[C@H]1[C@H](F)C[C@@H](C(=O)N(C)c2cc(Cl)nc(C3CC3)c2I)N1C(=O)OC(C)(C)C. The number of alkyl halides is 1. The van der Waals surface area contributed by atoms with Crippen molar-refractivity contribution in [3.8, 4) is 0 Å². The van der Waals surface area contributed by atoms with Gasteiger partial charge >= 0.3 is 6.09 Å². The van der Waals surface area contributed by atoms with Gasteiger partial charge in [-0.15, -0.1) is 0 Å². The summed E-state index contributed by atoms with van der Waals surface area (Å²) >= 11 is 8.38. The van der Waals surface area contributed by atoms with E-state index in [1.165, 1.54) is 9.80 Å². The summed E-state index contributed by atoms with van der Waals surface area (Å²) in [7, 11) is 1.62. The third-order valence-corrected chi connectivity index (χ3v) is 6.52. The highest BCUT2D eigenvalue weighted by atomic mass is 127. The van der Waals surface area contributed by atoms with Crippen LogP contribution in [0, 0.1) is 3.57 Å². The fraction of sp³-hybridized carbons (Fsp3) is 0.650. The molecule has 9 heteroatoms. The van der Waals surface area contributed by atoms with Gasteiger partial charge in [-0.2, -0.15) is 0 Å². The van der Waals surface area contributed by atoms with Crippen molar-refractivity contribution in [2.24, 2.45) is 0 Å². The van der Waals surface area contributed by atoms with Crippen molar-refractivity contribution >= 4 is 51.9 Å². The molecule has 1 aromatic rings. The molecule has 0 unspecified atom stereocenters. The maximum Gasteiger partial charge on any atom is 0.411 e. The first-order valence-electron chi connectivity index (χ1n) is 9.69. The number of carbonyl (C=O) groups excluding carboxylic acids is 2. The Morgan fingerprint density at radius 1 is 1.38 bits per heavy atom. The molecule has 3 atom stereocenters. The van der Waals surface area contributed by atoms with Crippen LogP contribution in [0.1, 0.15) is 58.6 Å². The summed E-state index contributed by atoms with van der Waals surface area (Å²) in [5.41, 5.74) is 0.772. The van der Waals surface area contributed by atoms with Crippen molar-refractivity contribution in [1.82, 2.24) is 9.88 Å². The first-order chi connectivity index (χ1) is 13.4. The molecule has 1 saturated heterocycles. The highest BCUT2D eigenvalue weighted by Gasteiger charge is 2.48. The molecule has 160 valence electrons. The van der Waals surface area contributed by atoms with Crippen LogP contribution in [0.2, 0.25) is 5.15 Å². The number of ether oxygens (including phenoxy) is 1. The second-order valence-corrected chi connectivity index (χ2v) is 10.2. The van der Waals surface area contributed by atoms with Crippen LogP contribution >= 0.6 is 34.2 Å². The van der Waals surface area contributed by atoms with Gasteiger partial charge < -0.3 is 9.64 Å². The number of likely N-dealkylation sites (tertiary alicyclic amines) is 1. The van der Waals surface area contributed by atoms with Crippen LogP contribution < -0.4 is 4.90 Å². The Balaban J connectivity index is 1.89. The molecule has 2 amide bonds. The highest BCUT2D eigenvalue weighted by Crippen LogP contribution is 2.44. The average Bonchev–Trinajstić information content (AvgIpc) is 3.40. The van der Waals surface area contributed by atoms with Crippen LogP contribution in [0.3, 0.4) is 0 Å². The number of halogens is 3. The molecule has 0 aromatic carbocycles. The van der Waals surface area contributed by atoms with Gasteiger partial charge in [0.2, 0.25) is 5.91 Å². The van der Waals surface area contributed by atoms with E-state index in [-0.39, 0.29) is 12.3 Å². The van der Waals surface area contributed by atoms with E-state index in [9.17, 15) is 14.0 Å². The highest BCUT2D eigenvalue weighted by molar-refractivity contribution is 14.1. The summed E-state index contributed by atoms with van der Waals surface area (Å²) in [6.45, 7) is 6.81. The number of amides is 2. The van der Waals surface area contributed by atoms with Gasteiger partial charge in [-0.3, -0.25) is 9.69 Å². The molecule has 1 aliphatic heterocycles. The van der Waals surface area contributed by atoms with Crippen LogP contribution in [0.25, 0.3) is 0 Å². The molecule has 0 radical (unpaired) electrons. The van der Waals surface area contributed by atoms with Crippen molar-refractivity contribution in [2.75, 3.05) is 11.9 Å². The lowest BCUT2D eigenvalue weighted by molar-refractivity contribution is -0.123. The van der Waals surface area contributed by atoms with E-state index in [1.807, 2.05) is 0 Å². The van der Waals surface area contributed by atoms with Crippen molar-refractivity contribution < 1.29 is 18.7 Å². The number of hydrogen-bond acceptors (Lipinski definition) is 4. The number of rotatable bonds is 3. The Bertz CT molecular complexity index is 828. The second-order valence-electron chi connectivity index (χ2n) is 8.73. The molecular formula is C20H26ClFIN3O3. The number of pyridine rings is 1. The molecule has 0 bridgehead atoms. The summed E-state index contributed by atoms with van der Waals surface area (Å²) < 4.78 is 20.8. The molecule has 1 aliphatic carbocycles. The topological polar surface area (TPSA) is 62.7 Å². The zero-order valence-electron chi connectivity index (χ0n) is 17.2. The van der Waals surface area contributed by atoms with Crippen LogP contribution in [0.4, 0.5) is 14.9 Å². The normalized spacial score (nSPS) is 24.6. The summed E-state index contributed by atoms with van der Waals surface area (Å²) in [4.78, 5) is 33.1. The number of anilines is 1. The summed E-state index contributed by atoms with van der Waals surface area (Å²) in [6.07, 6.45) is 0.0617. The van der Waals surface area contributed by atoms with Crippen molar-refractivity contribution in [1.29, 1.82) is 0 Å². The lowest BCUT2D eigenvalue weighted by Crippen LogP contribution is -2.50. The fourth-order valence-corrected chi connectivity index (χ4v) is 4.80. The number of aromatic nitrogens is 1. The molecule has 3 rings (SSSR count). The molecule has 2 aliphatic rings. The van der Waals surface area contributed by atoms with Gasteiger partial charge in [-0.25, -0.2) is 14.2 Å². The van der Waals surface area contributed by atoms with Crippen LogP contribution in [0.15, 0.2) is 6.07 Å². The second kappa shape index (κ2) is 8.17. The number of carbonyl (C=O) groups is 2. The summed E-state index contributed by atoms with van der Waals surface area (Å²) in [5, 5.41) is 0.314. The molecule has 0 spiro atoms. The van der Waals surface area contributed by atoms with Crippen LogP contribution in [-0.4, -0.2) is 52.8 Å². The van der Waals surface area contributed by atoms with E-state index < -0.39 is 29.9 Å². The molecule has 1 saturated carbocycles. The average molecular weight is 538 g/mol. The molecule has 1 aromatic heterocycles. The maximum absolute atomic E-state index is 14.5. The predicted octanol–water partition coefficient (Wildman–Crippen LogP) is 4.92. The Labute approximate surface area is 189 Å². The lowest BCUT2D eigenvalue weighted by atomic mass is 10.1. The Hall–Kier alpha value is -1.16. The first-order valence-corrected chi connectivity index (χ1v) is 11.1. The van der Waals surface area contributed by atoms with E-state index in [4.69, 9.17) is 16.3 Å². The monoisotopic (exact) mass is 537 g/mol. The van der Waals surface area contributed by atoms with E-state index in [0.29, 0.717) is 16.8 Å². The predicted molar refractivity (Wildman–Crippen MR) is 118 cm³/mol. The van der Waals surface area contributed by atoms with E-state index >= 15 is 0 Å². The van der Waals surface area contributed by atoms with Gasteiger partial charge in [-0.1, -0.05) is 11.6 Å². The molecular weight excluding hydrogens is 512 g/mol. The van der Waals surface area contributed by atoms with Gasteiger partial charge in [0.15, 0.2) is 0 Å². The summed E-state index contributed by atoms with van der Waals surface area (Å²) in [5.74, 6) is -0.00683. The van der Waals surface area contributed by atoms with E-state index in [0.717, 1.165) is 22.1 Å². The molecule has 0 N–H and O–H groups in total. The maximum atomic E-state index is 14.5. The Morgan fingerprint density at radius 2 is 2.00 bits per heavy atom. The molecule has 29 heavy (non-hydrogen) atoms.